The standard InChI is InChI=1S/C24H25N5O9/c25-18(30)10-16(22(34)35)29(11-19(31)32)21(33)15-4-1-5-17-20(15)37-8-2-3-12-9-13(28-24(26)27)6-7-14(12)23(36)38-17/h1,4-7,9,16H,2-3,8,10-11H2,(H2,25,30)(H,31,32)(H,34,35)(H4,26,27,28)/t16-/m0/s1. The topological polar surface area (TPSA) is 235 Å². The molecule has 38 heavy (non-hydrogen) atoms. The Morgan fingerprint density at radius 2 is 1.87 bits per heavy atom. The normalized spacial score (nSPS) is 13.4. The van der Waals surface area contributed by atoms with Gasteiger partial charge in [-0.05, 0) is 48.7 Å². The van der Waals surface area contributed by atoms with Gasteiger partial charge in [-0.1, -0.05) is 6.07 Å². The zero-order chi connectivity index (χ0) is 28.0. The van der Waals surface area contributed by atoms with Crippen LogP contribution in [-0.2, 0) is 20.8 Å². The summed E-state index contributed by atoms with van der Waals surface area (Å²) in [4.78, 5) is 61.6. The monoisotopic (exact) mass is 527 g/mol. The number of para-hydroxylation sites is 1. The van der Waals surface area contributed by atoms with Crippen molar-refractivity contribution >= 4 is 41.4 Å². The number of carbonyl (C=O) groups is 5. The van der Waals surface area contributed by atoms with Gasteiger partial charge in [0.25, 0.3) is 5.91 Å². The number of amides is 2. The molecule has 3 rings (SSSR count). The van der Waals surface area contributed by atoms with Crippen molar-refractivity contribution in [1.82, 2.24) is 4.90 Å². The van der Waals surface area contributed by atoms with E-state index in [0.717, 1.165) is 0 Å². The average molecular weight is 527 g/mol. The maximum Gasteiger partial charge on any atom is 0.343 e. The molecule has 1 aliphatic rings. The van der Waals surface area contributed by atoms with Gasteiger partial charge >= 0.3 is 17.9 Å². The molecule has 0 aliphatic carbocycles. The second kappa shape index (κ2) is 11.7. The second-order valence-electron chi connectivity index (χ2n) is 8.24. The van der Waals surface area contributed by atoms with Gasteiger partial charge in [-0.15, -0.1) is 0 Å². The highest BCUT2D eigenvalue weighted by Gasteiger charge is 2.35. The first-order valence-electron chi connectivity index (χ1n) is 11.2. The van der Waals surface area contributed by atoms with Crippen LogP contribution in [0.4, 0.5) is 5.69 Å². The SMILES string of the molecule is N=C(N)Nc1ccc2c(c1)CCCOc1c(cccc1C(=O)N(CC(=O)O)[C@@H](CC(N)=O)C(=O)O)OC2=O. The lowest BCUT2D eigenvalue weighted by atomic mass is 10.0. The van der Waals surface area contributed by atoms with Crippen molar-refractivity contribution in [3.05, 3.63) is 53.1 Å². The van der Waals surface area contributed by atoms with Gasteiger partial charge in [-0.25, -0.2) is 9.59 Å². The van der Waals surface area contributed by atoms with Crippen LogP contribution < -0.4 is 26.3 Å². The number of primary amides is 1. The van der Waals surface area contributed by atoms with Crippen molar-refractivity contribution in [2.45, 2.75) is 25.3 Å². The minimum absolute atomic E-state index is 0.0429. The Morgan fingerprint density at radius 1 is 1.13 bits per heavy atom. The Bertz CT molecular complexity index is 1310. The molecule has 0 spiro atoms. The molecule has 0 bridgehead atoms. The Morgan fingerprint density at radius 3 is 2.50 bits per heavy atom. The van der Waals surface area contributed by atoms with Gasteiger partial charge in [0.15, 0.2) is 17.5 Å². The Hall–Kier alpha value is -5.14. The van der Waals surface area contributed by atoms with E-state index in [2.05, 4.69) is 5.32 Å². The molecule has 0 saturated carbocycles. The van der Waals surface area contributed by atoms with Crippen LogP contribution in [0.25, 0.3) is 0 Å². The van der Waals surface area contributed by atoms with Gasteiger partial charge < -0.3 is 41.4 Å². The molecule has 0 saturated heterocycles. The lowest BCUT2D eigenvalue weighted by Crippen LogP contribution is -2.49. The van der Waals surface area contributed by atoms with E-state index < -0.39 is 48.7 Å². The molecule has 14 nitrogen and oxygen atoms in total. The van der Waals surface area contributed by atoms with Crippen molar-refractivity contribution < 1.29 is 43.7 Å². The van der Waals surface area contributed by atoms with Gasteiger partial charge in [0.2, 0.25) is 5.91 Å². The summed E-state index contributed by atoms with van der Waals surface area (Å²) in [5.41, 5.74) is 11.5. The third-order valence-electron chi connectivity index (χ3n) is 5.48. The zero-order valence-electron chi connectivity index (χ0n) is 19.9. The predicted octanol–water partition coefficient (Wildman–Crippen LogP) is 0.392. The molecule has 2 aromatic carbocycles. The Balaban J connectivity index is 2.02. The lowest BCUT2D eigenvalue weighted by Gasteiger charge is -2.28. The summed E-state index contributed by atoms with van der Waals surface area (Å²) >= 11 is 0. The van der Waals surface area contributed by atoms with E-state index in [0.29, 0.717) is 29.0 Å². The molecule has 1 aliphatic heterocycles. The number of benzene rings is 2. The smallest absolute Gasteiger partial charge is 0.343 e. The number of anilines is 1. The lowest BCUT2D eigenvalue weighted by molar-refractivity contribution is -0.146. The molecule has 2 aromatic rings. The van der Waals surface area contributed by atoms with Crippen LogP contribution in [-0.4, -0.2) is 70.0 Å². The molecule has 2 amide bonds. The van der Waals surface area contributed by atoms with E-state index in [1.165, 1.54) is 24.3 Å². The predicted molar refractivity (Wildman–Crippen MR) is 131 cm³/mol. The van der Waals surface area contributed by atoms with Crippen LogP contribution >= 0.6 is 0 Å². The third-order valence-corrected chi connectivity index (χ3v) is 5.48. The minimum Gasteiger partial charge on any atom is -0.489 e. The van der Waals surface area contributed by atoms with Crippen molar-refractivity contribution in [2.75, 3.05) is 18.5 Å². The van der Waals surface area contributed by atoms with Crippen LogP contribution in [0.15, 0.2) is 36.4 Å². The number of hydrogen-bond donors (Lipinski definition) is 6. The summed E-state index contributed by atoms with van der Waals surface area (Å²) in [6.45, 7) is -1.00. The van der Waals surface area contributed by atoms with Gasteiger partial charge in [-0.2, -0.15) is 0 Å². The molecule has 1 heterocycles. The molecule has 0 aromatic heterocycles. The zero-order valence-corrected chi connectivity index (χ0v) is 19.9. The molecular weight excluding hydrogens is 502 g/mol. The van der Waals surface area contributed by atoms with Crippen LogP contribution in [0.1, 0.15) is 39.1 Å². The molecule has 200 valence electrons. The van der Waals surface area contributed by atoms with Crippen molar-refractivity contribution in [3.63, 3.8) is 0 Å². The van der Waals surface area contributed by atoms with E-state index in [1.807, 2.05) is 0 Å². The van der Waals surface area contributed by atoms with E-state index in [9.17, 15) is 34.2 Å². The first-order valence-corrected chi connectivity index (χ1v) is 11.2. The van der Waals surface area contributed by atoms with Gasteiger partial charge in [0, 0.05) is 5.69 Å². The Kier molecular flexibility index (Phi) is 8.47. The number of nitrogens with one attached hydrogen (secondary N) is 2. The largest absolute Gasteiger partial charge is 0.489 e. The molecular formula is C24H25N5O9. The van der Waals surface area contributed by atoms with Gasteiger partial charge in [0.05, 0.1) is 24.2 Å². The number of nitrogens with two attached hydrogens (primary N) is 2. The number of rotatable bonds is 8. The highest BCUT2D eigenvalue weighted by Crippen LogP contribution is 2.35. The summed E-state index contributed by atoms with van der Waals surface area (Å²) in [6.07, 6.45) is -0.0886. The minimum atomic E-state index is -1.86. The average Bonchev–Trinajstić information content (AvgIpc) is 2.83. The molecule has 0 fully saturated rings. The van der Waals surface area contributed by atoms with Crippen LogP contribution in [0.5, 0.6) is 11.5 Å². The van der Waals surface area contributed by atoms with Crippen molar-refractivity contribution in [2.24, 2.45) is 11.5 Å². The number of fused-ring (bicyclic) bond motifs is 2. The van der Waals surface area contributed by atoms with Crippen LogP contribution in [0.3, 0.4) is 0 Å². The van der Waals surface area contributed by atoms with E-state index in [1.54, 1.807) is 12.1 Å². The maximum atomic E-state index is 13.4. The number of ether oxygens (including phenoxy) is 2. The number of carbonyl (C=O) groups excluding carboxylic acids is 3. The number of aryl methyl sites for hydroxylation is 1. The molecule has 0 unspecified atom stereocenters. The van der Waals surface area contributed by atoms with Gasteiger partial charge in [0.1, 0.15) is 12.6 Å². The summed E-state index contributed by atoms with van der Waals surface area (Å²) in [6, 6.07) is 6.78. The number of aliphatic carboxylic acids is 2. The maximum absolute atomic E-state index is 13.4. The first kappa shape index (κ1) is 27.4. The molecule has 1 atom stereocenters. The summed E-state index contributed by atoms with van der Waals surface area (Å²) < 4.78 is 11.3. The van der Waals surface area contributed by atoms with Crippen molar-refractivity contribution in [3.8, 4) is 11.5 Å². The van der Waals surface area contributed by atoms with Crippen LogP contribution in [0, 0.1) is 5.41 Å². The van der Waals surface area contributed by atoms with Crippen LogP contribution in [0.2, 0.25) is 0 Å². The fourth-order valence-electron chi connectivity index (χ4n) is 3.88. The fourth-order valence-corrected chi connectivity index (χ4v) is 3.88. The summed E-state index contributed by atoms with van der Waals surface area (Å²) in [5, 5.41) is 28.9. The van der Waals surface area contributed by atoms with Crippen molar-refractivity contribution in [1.29, 1.82) is 5.41 Å². The molecule has 0 radical (unpaired) electrons. The molecule has 8 N–H and O–H groups in total. The number of esters is 1. The fraction of sp³-hybridized carbons (Fsp3) is 0.250. The van der Waals surface area contributed by atoms with E-state index in [-0.39, 0.29) is 35.2 Å². The quantitative estimate of drug-likeness (QED) is 0.119. The number of carboxylic acids is 2. The Labute approximate surface area is 215 Å². The second-order valence-corrected chi connectivity index (χ2v) is 8.24. The number of hydrogen-bond acceptors (Lipinski definition) is 8. The highest BCUT2D eigenvalue weighted by atomic mass is 16.6. The summed E-state index contributed by atoms with van der Waals surface area (Å²) in [7, 11) is 0. The number of carboxylic acid groups (broad SMARTS) is 2. The molecule has 14 heteroatoms. The summed E-state index contributed by atoms with van der Waals surface area (Å²) in [5.74, 6) is -6.69. The van der Waals surface area contributed by atoms with E-state index in [4.69, 9.17) is 26.4 Å². The number of guanidine groups is 1. The van der Waals surface area contributed by atoms with Gasteiger partial charge in [-0.3, -0.25) is 19.8 Å². The highest BCUT2D eigenvalue weighted by molar-refractivity contribution is 6.02. The number of nitrogens with zero attached hydrogens (tertiary/aromatic N) is 1. The first-order chi connectivity index (χ1) is 18.0. The van der Waals surface area contributed by atoms with E-state index >= 15 is 0 Å². The third kappa shape index (κ3) is 6.54.